The third kappa shape index (κ3) is 3.39. The van der Waals surface area contributed by atoms with Crippen LogP contribution in [-0.4, -0.2) is 61.6 Å². The molecule has 2 saturated carbocycles. The molecule has 0 N–H and O–H groups in total. The van der Waals surface area contributed by atoms with E-state index in [1.165, 1.54) is 44.3 Å². The van der Waals surface area contributed by atoms with E-state index in [9.17, 15) is 4.79 Å². The number of fused-ring (bicyclic) bond motifs is 4. The fourth-order valence-electron chi connectivity index (χ4n) is 8.72. The minimum absolute atomic E-state index is 0.0584. The quantitative estimate of drug-likeness (QED) is 0.519. The van der Waals surface area contributed by atoms with Gasteiger partial charge >= 0.3 is 5.97 Å². The summed E-state index contributed by atoms with van der Waals surface area (Å²) >= 11 is 0. The van der Waals surface area contributed by atoms with Gasteiger partial charge in [0.25, 0.3) is 0 Å². The van der Waals surface area contributed by atoms with Crippen LogP contribution in [0.2, 0.25) is 0 Å². The van der Waals surface area contributed by atoms with Crippen LogP contribution in [0.25, 0.3) is 0 Å². The van der Waals surface area contributed by atoms with E-state index < -0.39 is 0 Å². The number of hydrogen-bond donors (Lipinski definition) is 0. The molecule has 29 heavy (non-hydrogen) atoms. The van der Waals surface area contributed by atoms with E-state index >= 15 is 0 Å². The maximum absolute atomic E-state index is 13.0. The van der Waals surface area contributed by atoms with Gasteiger partial charge in [0, 0.05) is 38.6 Å². The minimum Gasteiger partial charge on any atom is -0.462 e. The Kier molecular flexibility index (Phi) is 4.54. The first-order valence-corrected chi connectivity index (χ1v) is 11.9. The highest BCUT2D eigenvalue weighted by atomic mass is 16.6. The van der Waals surface area contributed by atoms with E-state index in [-0.39, 0.29) is 18.0 Å². The van der Waals surface area contributed by atoms with Crippen molar-refractivity contribution in [1.82, 2.24) is 9.80 Å². The van der Waals surface area contributed by atoms with Crippen molar-refractivity contribution in [2.75, 3.05) is 39.8 Å². The molecule has 2 aliphatic carbocycles. The van der Waals surface area contributed by atoms with Crippen LogP contribution in [0.4, 0.5) is 0 Å². The Morgan fingerprint density at radius 1 is 1.14 bits per heavy atom. The van der Waals surface area contributed by atoms with Gasteiger partial charge in [0.05, 0.1) is 5.92 Å². The molecule has 3 saturated heterocycles. The first-order chi connectivity index (χ1) is 13.6. The largest absolute Gasteiger partial charge is 0.462 e. The lowest BCUT2D eigenvalue weighted by molar-refractivity contribution is -0.147. The average Bonchev–Trinajstić information content (AvgIpc) is 2.84. The smallest absolute Gasteiger partial charge is 0.310 e. The van der Waals surface area contributed by atoms with Crippen molar-refractivity contribution in [3.05, 3.63) is 12.2 Å². The van der Waals surface area contributed by atoms with Crippen molar-refractivity contribution in [2.45, 2.75) is 65.4 Å². The van der Waals surface area contributed by atoms with Crippen molar-refractivity contribution in [1.29, 1.82) is 0 Å². The second-order valence-corrected chi connectivity index (χ2v) is 12.5. The summed E-state index contributed by atoms with van der Waals surface area (Å²) in [6.45, 7) is 17.2. The number of carbonyl (C=O) groups excluding carboxylic acids is 1. The molecule has 5 fully saturated rings. The van der Waals surface area contributed by atoms with Gasteiger partial charge < -0.3 is 14.5 Å². The molecule has 162 valence electrons. The van der Waals surface area contributed by atoms with Crippen LogP contribution < -0.4 is 0 Å². The Morgan fingerprint density at radius 2 is 1.83 bits per heavy atom. The van der Waals surface area contributed by atoms with Crippen LogP contribution in [0.3, 0.4) is 0 Å². The lowest BCUT2D eigenvalue weighted by Gasteiger charge is -2.56. The van der Waals surface area contributed by atoms with Gasteiger partial charge in [-0.05, 0) is 67.7 Å². The van der Waals surface area contributed by atoms with Crippen LogP contribution in [-0.2, 0) is 9.53 Å². The van der Waals surface area contributed by atoms with Gasteiger partial charge in [0.2, 0.25) is 0 Å². The number of esters is 1. The van der Waals surface area contributed by atoms with Gasteiger partial charge in [-0.15, -0.1) is 0 Å². The van der Waals surface area contributed by atoms with E-state index in [1.54, 1.807) is 0 Å². The zero-order chi connectivity index (χ0) is 20.6. The Labute approximate surface area is 177 Å². The van der Waals surface area contributed by atoms with Crippen molar-refractivity contribution in [3.8, 4) is 0 Å². The molecule has 4 heteroatoms. The fraction of sp³-hybridized carbons (Fsp3) is 0.880. The number of carbonyl (C=O) groups is 1. The summed E-state index contributed by atoms with van der Waals surface area (Å²) in [6, 6.07) is 0. The fourth-order valence-corrected chi connectivity index (χ4v) is 8.72. The molecule has 7 atom stereocenters. The number of nitrogens with zero attached hydrogens (tertiary/aromatic N) is 2. The van der Waals surface area contributed by atoms with Crippen LogP contribution in [0.15, 0.2) is 12.2 Å². The van der Waals surface area contributed by atoms with E-state index in [1.807, 2.05) is 0 Å². The lowest BCUT2D eigenvalue weighted by Crippen LogP contribution is -2.62. The highest BCUT2D eigenvalue weighted by molar-refractivity contribution is 5.75. The summed E-state index contributed by atoms with van der Waals surface area (Å²) in [5.74, 6) is 1.11. The molecule has 3 heterocycles. The van der Waals surface area contributed by atoms with Crippen molar-refractivity contribution in [2.24, 2.45) is 34.0 Å². The van der Waals surface area contributed by atoms with Gasteiger partial charge in [-0.2, -0.15) is 0 Å². The zero-order valence-corrected chi connectivity index (χ0v) is 19.0. The van der Waals surface area contributed by atoms with E-state index in [2.05, 4.69) is 44.2 Å². The minimum atomic E-state index is 0.0584. The number of likely N-dealkylation sites (tertiary alicyclic amines) is 2. The zero-order valence-electron chi connectivity index (χ0n) is 19.0. The molecule has 0 aromatic rings. The monoisotopic (exact) mass is 400 g/mol. The molecule has 0 aromatic carbocycles. The summed E-state index contributed by atoms with van der Waals surface area (Å²) in [7, 11) is 2.26. The van der Waals surface area contributed by atoms with Gasteiger partial charge in [0.15, 0.2) is 0 Å². The topological polar surface area (TPSA) is 32.8 Å². The summed E-state index contributed by atoms with van der Waals surface area (Å²) < 4.78 is 6.03. The number of ether oxygens (including phenoxy) is 1. The molecule has 0 unspecified atom stereocenters. The molecule has 3 aliphatic heterocycles. The first-order valence-electron chi connectivity index (χ1n) is 11.9. The first kappa shape index (κ1) is 20.1. The molecule has 2 bridgehead atoms. The third-order valence-electron chi connectivity index (χ3n) is 9.14. The number of allylic oxidation sites excluding steroid dienone is 1. The average molecular weight is 401 g/mol. The standard InChI is InChI=1S/C25H40N2O2/c1-17-7-6-8-25(4)10-21-18(9-20(17)25)19(22(28)29-21)11-27-15-23(2)12-24(3,16-27)14-26(5)13-23/h18-21H,1,6-16H2,2-5H3/t18-,19+,20+,21-,23-,24+,25-/m1/s1. The second kappa shape index (κ2) is 6.56. The summed E-state index contributed by atoms with van der Waals surface area (Å²) in [5.41, 5.74) is 2.40. The Morgan fingerprint density at radius 3 is 2.52 bits per heavy atom. The molecule has 5 aliphatic rings. The van der Waals surface area contributed by atoms with Gasteiger partial charge in [-0.1, -0.05) is 32.9 Å². The van der Waals surface area contributed by atoms with Crippen LogP contribution >= 0.6 is 0 Å². The molecule has 0 spiro atoms. The van der Waals surface area contributed by atoms with E-state index in [0.29, 0.717) is 28.1 Å². The van der Waals surface area contributed by atoms with Crippen LogP contribution in [0, 0.1) is 34.0 Å². The van der Waals surface area contributed by atoms with E-state index in [4.69, 9.17) is 4.74 Å². The Hall–Kier alpha value is -0.870. The molecular formula is C25H40N2O2. The maximum Gasteiger partial charge on any atom is 0.310 e. The normalized spacial score (nSPS) is 50.8. The summed E-state index contributed by atoms with van der Waals surface area (Å²) in [4.78, 5) is 18.1. The lowest BCUT2D eigenvalue weighted by atomic mass is 9.55. The molecular weight excluding hydrogens is 360 g/mol. The highest BCUT2D eigenvalue weighted by Crippen LogP contribution is 2.57. The highest BCUT2D eigenvalue weighted by Gasteiger charge is 2.56. The SMILES string of the molecule is C=C1CCC[C@]2(C)C[C@H]3OC(=O)[C@@H](CN4C[C@]5(C)CN(C)C[C@](C)(C4)C5)[C@H]3C[C@@H]12. The predicted molar refractivity (Wildman–Crippen MR) is 115 cm³/mol. The van der Waals surface area contributed by atoms with Gasteiger partial charge in [-0.3, -0.25) is 4.79 Å². The number of hydrogen-bond acceptors (Lipinski definition) is 4. The van der Waals surface area contributed by atoms with Gasteiger partial charge in [-0.25, -0.2) is 0 Å². The number of piperidine rings is 2. The molecule has 0 amide bonds. The summed E-state index contributed by atoms with van der Waals surface area (Å²) in [6.07, 6.45) is 7.29. The third-order valence-corrected chi connectivity index (χ3v) is 9.14. The number of rotatable bonds is 2. The van der Waals surface area contributed by atoms with E-state index in [0.717, 1.165) is 32.5 Å². The van der Waals surface area contributed by atoms with Gasteiger partial charge in [0.1, 0.15) is 6.10 Å². The molecule has 4 nitrogen and oxygen atoms in total. The molecule has 5 rings (SSSR count). The van der Waals surface area contributed by atoms with Crippen molar-refractivity contribution in [3.63, 3.8) is 0 Å². The van der Waals surface area contributed by atoms with Crippen molar-refractivity contribution >= 4 is 5.97 Å². The molecule has 0 radical (unpaired) electrons. The van der Waals surface area contributed by atoms with Crippen LogP contribution in [0.5, 0.6) is 0 Å². The maximum atomic E-state index is 13.0. The Balaban J connectivity index is 1.33. The predicted octanol–water partition coefficient (Wildman–Crippen LogP) is 3.96. The summed E-state index contributed by atoms with van der Waals surface area (Å²) in [5, 5.41) is 0. The Bertz CT molecular complexity index is 702. The van der Waals surface area contributed by atoms with Crippen molar-refractivity contribution < 1.29 is 9.53 Å². The molecule has 0 aromatic heterocycles. The second-order valence-electron chi connectivity index (χ2n) is 12.5. The van der Waals surface area contributed by atoms with Crippen LogP contribution in [0.1, 0.15) is 59.3 Å².